The molecule has 1 fully saturated rings. The van der Waals surface area contributed by atoms with E-state index in [4.69, 9.17) is 4.42 Å². The number of amides is 1. The molecule has 0 bridgehead atoms. The molecule has 3 aromatic rings. The van der Waals surface area contributed by atoms with Crippen LogP contribution in [0, 0.1) is 13.8 Å². The number of nitrogens with zero attached hydrogens (tertiary/aromatic N) is 2. The molecule has 0 saturated heterocycles. The Morgan fingerprint density at radius 2 is 1.73 bits per heavy atom. The molecule has 1 heterocycles. The number of carbonyl (C=O) groups excluding carboxylic acids is 1. The number of rotatable bonds is 4. The van der Waals surface area contributed by atoms with Crippen molar-refractivity contribution in [3.8, 4) is 11.5 Å². The van der Waals surface area contributed by atoms with E-state index >= 15 is 0 Å². The van der Waals surface area contributed by atoms with Gasteiger partial charge in [0.2, 0.25) is 5.89 Å². The van der Waals surface area contributed by atoms with Crippen molar-refractivity contribution in [3.63, 3.8) is 0 Å². The Bertz CT molecular complexity index is 935. The molecule has 132 valence electrons. The van der Waals surface area contributed by atoms with E-state index in [9.17, 15) is 4.79 Å². The summed E-state index contributed by atoms with van der Waals surface area (Å²) in [6.07, 6.45) is 2.11. The lowest BCUT2D eigenvalue weighted by molar-refractivity contribution is 0.0987. The predicted molar refractivity (Wildman–Crippen MR) is 103 cm³/mol. The first-order valence-electron chi connectivity index (χ1n) is 8.95. The number of benzene rings is 2. The van der Waals surface area contributed by atoms with E-state index in [0.717, 1.165) is 41.0 Å². The molecule has 4 heteroatoms. The first-order chi connectivity index (χ1) is 12.5. The van der Waals surface area contributed by atoms with Crippen molar-refractivity contribution in [2.45, 2.75) is 32.6 Å². The highest BCUT2D eigenvalue weighted by Gasteiger charge is 2.35. The zero-order valence-electron chi connectivity index (χ0n) is 15.3. The van der Waals surface area contributed by atoms with E-state index in [-0.39, 0.29) is 5.91 Å². The van der Waals surface area contributed by atoms with Crippen LogP contribution < -0.4 is 4.90 Å². The Kier molecular flexibility index (Phi) is 4.11. The van der Waals surface area contributed by atoms with E-state index < -0.39 is 0 Å². The van der Waals surface area contributed by atoms with Gasteiger partial charge in [0.05, 0.1) is 0 Å². The van der Waals surface area contributed by atoms with Crippen LogP contribution in [-0.2, 0) is 0 Å². The third kappa shape index (κ3) is 3.15. The first-order valence-corrected chi connectivity index (χ1v) is 8.95. The average molecular weight is 346 g/mol. The maximum Gasteiger partial charge on any atom is 0.280 e. The van der Waals surface area contributed by atoms with Crippen LogP contribution in [0.4, 0.5) is 5.69 Å². The smallest absolute Gasteiger partial charge is 0.280 e. The average Bonchev–Trinajstić information content (AvgIpc) is 3.39. The Morgan fingerprint density at radius 3 is 2.35 bits per heavy atom. The number of oxazole rings is 1. The number of hydrogen-bond acceptors (Lipinski definition) is 3. The van der Waals surface area contributed by atoms with E-state index in [0.29, 0.717) is 17.5 Å². The minimum atomic E-state index is -0.122. The largest absolute Gasteiger partial charge is 0.440 e. The van der Waals surface area contributed by atoms with Crippen LogP contribution in [0.1, 0.15) is 46.1 Å². The molecule has 1 aliphatic rings. The second-order valence-electron chi connectivity index (χ2n) is 7.08. The predicted octanol–water partition coefficient (Wildman–Crippen LogP) is 5.11. The summed E-state index contributed by atoms with van der Waals surface area (Å²) in [6, 6.07) is 15.9. The van der Waals surface area contributed by atoms with Crippen molar-refractivity contribution in [1.29, 1.82) is 0 Å². The highest BCUT2D eigenvalue weighted by Crippen LogP contribution is 2.43. The molecule has 1 amide bonds. The molecule has 0 atom stereocenters. The van der Waals surface area contributed by atoms with Crippen LogP contribution in [0.3, 0.4) is 0 Å². The molecule has 0 radical (unpaired) electrons. The van der Waals surface area contributed by atoms with E-state index in [1.54, 1.807) is 11.9 Å². The minimum Gasteiger partial charge on any atom is -0.440 e. The van der Waals surface area contributed by atoms with Gasteiger partial charge in [-0.15, -0.1) is 0 Å². The van der Waals surface area contributed by atoms with Gasteiger partial charge in [0.1, 0.15) is 5.76 Å². The lowest BCUT2D eigenvalue weighted by Gasteiger charge is -2.18. The van der Waals surface area contributed by atoms with Gasteiger partial charge in [-0.2, -0.15) is 0 Å². The van der Waals surface area contributed by atoms with Crippen molar-refractivity contribution in [2.24, 2.45) is 0 Å². The third-order valence-electron chi connectivity index (χ3n) is 4.72. The zero-order valence-corrected chi connectivity index (χ0v) is 15.3. The Morgan fingerprint density at radius 1 is 1.08 bits per heavy atom. The monoisotopic (exact) mass is 346 g/mol. The van der Waals surface area contributed by atoms with E-state index in [1.165, 1.54) is 0 Å². The molecule has 26 heavy (non-hydrogen) atoms. The highest BCUT2D eigenvalue weighted by atomic mass is 16.4. The molecule has 4 rings (SSSR count). The van der Waals surface area contributed by atoms with Crippen LogP contribution in [0.2, 0.25) is 0 Å². The fraction of sp³-hybridized carbons (Fsp3) is 0.273. The van der Waals surface area contributed by atoms with Crippen molar-refractivity contribution >= 4 is 11.6 Å². The molecule has 4 nitrogen and oxygen atoms in total. The van der Waals surface area contributed by atoms with Gasteiger partial charge >= 0.3 is 0 Å². The van der Waals surface area contributed by atoms with E-state index in [1.807, 2.05) is 56.3 Å². The summed E-state index contributed by atoms with van der Waals surface area (Å²) < 4.78 is 6.02. The number of aryl methyl sites for hydroxylation is 2. The maximum absolute atomic E-state index is 13.2. The summed E-state index contributed by atoms with van der Waals surface area (Å²) in [4.78, 5) is 19.4. The summed E-state index contributed by atoms with van der Waals surface area (Å²) >= 11 is 0. The van der Waals surface area contributed by atoms with Gasteiger partial charge in [0.25, 0.3) is 5.91 Å². The third-order valence-corrected chi connectivity index (χ3v) is 4.72. The summed E-state index contributed by atoms with van der Waals surface area (Å²) in [5.74, 6) is 1.43. The summed E-state index contributed by atoms with van der Waals surface area (Å²) in [7, 11) is 1.80. The van der Waals surface area contributed by atoms with Crippen molar-refractivity contribution < 1.29 is 9.21 Å². The molecule has 1 saturated carbocycles. The Labute approximate surface area is 153 Å². The standard InChI is InChI=1S/C22H22N2O2/c1-14-11-15(2)13-18(12-14)24(3)22(25)19-20(16-9-10-16)26-21(23-19)17-7-5-4-6-8-17/h4-8,11-13,16H,9-10H2,1-3H3. The summed E-state index contributed by atoms with van der Waals surface area (Å²) in [5, 5.41) is 0. The Hall–Kier alpha value is -2.88. The van der Waals surface area contributed by atoms with Crippen LogP contribution >= 0.6 is 0 Å². The lowest BCUT2D eigenvalue weighted by atomic mass is 10.1. The van der Waals surface area contributed by atoms with Gasteiger partial charge in [-0.1, -0.05) is 24.3 Å². The van der Waals surface area contributed by atoms with Crippen LogP contribution in [-0.4, -0.2) is 17.9 Å². The highest BCUT2D eigenvalue weighted by molar-refractivity contribution is 6.05. The van der Waals surface area contributed by atoms with Crippen molar-refractivity contribution in [2.75, 3.05) is 11.9 Å². The quantitative estimate of drug-likeness (QED) is 0.659. The van der Waals surface area contributed by atoms with Gasteiger partial charge in [0, 0.05) is 24.2 Å². The fourth-order valence-electron chi connectivity index (χ4n) is 3.23. The SMILES string of the molecule is Cc1cc(C)cc(N(C)C(=O)c2nc(-c3ccccc3)oc2C2CC2)c1. The minimum absolute atomic E-state index is 0.122. The van der Waals surface area contributed by atoms with Gasteiger partial charge in [-0.25, -0.2) is 4.98 Å². The molecular weight excluding hydrogens is 324 g/mol. The molecule has 0 aliphatic heterocycles. The molecule has 1 aliphatic carbocycles. The number of hydrogen-bond donors (Lipinski definition) is 0. The lowest BCUT2D eigenvalue weighted by Crippen LogP contribution is -2.27. The van der Waals surface area contributed by atoms with Crippen LogP contribution in [0.15, 0.2) is 52.9 Å². The topological polar surface area (TPSA) is 46.3 Å². The van der Waals surface area contributed by atoms with Gasteiger partial charge in [-0.3, -0.25) is 4.79 Å². The Balaban J connectivity index is 1.72. The molecule has 1 aromatic heterocycles. The van der Waals surface area contributed by atoms with Crippen LogP contribution in [0.25, 0.3) is 11.5 Å². The van der Waals surface area contributed by atoms with E-state index in [2.05, 4.69) is 11.1 Å². The maximum atomic E-state index is 13.2. The normalized spacial score (nSPS) is 13.7. The number of carbonyl (C=O) groups is 1. The second-order valence-corrected chi connectivity index (χ2v) is 7.08. The molecule has 0 unspecified atom stereocenters. The van der Waals surface area contributed by atoms with Gasteiger partial charge in [0.15, 0.2) is 5.69 Å². The number of anilines is 1. The fourth-order valence-corrected chi connectivity index (χ4v) is 3.23. The molecule has 0 spiro atoms. The van der Waals surface area contributed by atoms with Gasteiger partial charge < -0.3 is 9.32 Å². The van der Waals surface area contributed by atoms with Crippen LogP contribution in [0.5, 0.6) is 0 Å². The first kappa shape index (κ1) is 16.6. The number of aromatic nitrogens is 1. The van der Waals surface area contributed by atoms with Crippen molar-refractivity contribution in [1.82, 2.24) is 4.98 Å². The summed E-state index contributed by atoms with van der Waals surface area (Å²) in [5.41, 5.74) is 4.47. The molecule has 0 N–H and O–H groups in total. The summed E-state index contributed by atoms with van der Waals surface area (Å²) in [6.45, 7) is 4.07. The second kappa shape index (κ2) is 6.45. The zero-order chi connectivity index (χ0) is 18.3. The van der Waals surface area contributed by atoms with Crippen molar-refractivity contribution in [3.05, 3.63) is 71.1 Å². The molecule has 2 aromatic carbocycles. The van der Waals surface area contributed by atoms with Gasteiger partial charge in [-0.05, 0) is 62.1 Å². The molecular formula is C22H22N2O2.